The quantitative estimate of drug-likeness (QED) is 0.283. The maximum atomic E-state index is 13.4. The summed E-state index contributed by atoms with van der Waals surface area (Å²) in [5.41, 5.74) is -1.88. The van der Waals surface area contributed by atoms with E-state index < -0.39 is 64.1 Å². The Morgan fingerprint density at radius 1 is 1.03 bits per heavy atom. The molecule has 1 aliphatic heterocycles. The number of esters is 2. The van der Waals surface area contributed by atoms with Crippen LogP contribution in [0.2, 0.25) is 0 Å². The van der Waals surface area contributed by atoms with Gasteiger partial charge in [-0.05, 0) is 71.8 Å². The molecule has 6 rings (SSSR count). The Labute approximate surface area is 230 Å². The number of rotatable bonds is 4. The summed E-state index contributed by atoms with van der Waals surface area (Å²) >= 11 is 0. The van der Waals surface area contributed by atoms with Crippen LogP contribution in [-0.4, -0.2) is 81.8 Å². The second-order valence-corrected chi connectivity index (χ2v) is 13.8. The maximum absolute atomic E-state index is 13.4. The molecular weight excluding hydrogens is 498 g/mol. The van der Waals surface area contributed by atoms with E-state index in [2.05, 4.69) is 18.5 Å². The van der Waals surface area contributed by atoms with Gasteiger partial charge in [-0.3, -0.25) is 0 Å². The molecule has 0 aromatic rings. The molecule has 214 valence electrons. The molecule has 0 aromatic heterocycles. The van der Waals surface area contributed by atoms with Crippen LogP contribution in [0, 0.1) is 34.0 Å². The highest BCUT2D eigenvalue weighted by atomic mass is 16.6. The molecule has 0 amide bonds. The lowest BCUT2D eigenvalue weighted by atomic mass is 9.38. The topological polar surface area (TPSA) is 117 Å². The van der Waals surface area contributed by atoms with Crippen molar-refractivity contribution >= 4 is 11.9 Å². The molecule has 8 heteroatoms. The van der Waals surface area contributed by atoms with Crippen LogP contribution in [0.4, 0.5) is 0 Å². The number of hydrogen-bond acceptors (Lipinski definition) is 8. The molecule has 8 nitrogen and oxygen atoms in total. The summed E-state index contributed by atoms with van der Waals surface area (Å²) in [5.74, 6) is -1.76. The molecule has 0 radical (unpaired) electrons. The zero-order valence-electron chi connectivity index (χ0n) is 23.9. The van der Waals surface area contributed by atoms with Gasteiger partial charge in [-0.2, -0.15) is 0 Å². The smallest absolute Gasteiger partial charge is 0.333 e. The molecule has 5 saturated carbocycles. The summed E-state index contributed by atoms with van der Waals surface area (Å²) in [6.45, 7) is 13.9. The number of aliphatic hydroxyl groups excluding tert-OH is 2. The van der Waals surface area contributed by atoms with Crippen molar-refractivity contribution in [2.24, 2.45) is 34.0 Å². The van der Waals surface area contributed by atoms with E-state index >= 15 is 0 Å². The number of nitrogens with zero attached hydrogens (tertiary/aromatic N) is 1. The first-order valence-corrected chi connectivity index (χ1v) is 14.4. The van der Waals surface area contributed by atoms with E-state index in [1.165, 1.54) is 0 Å². The van der Waals surface area contributed by atoms with Crippen molar-refractivity contribution in [1.82, 2.24) is 4.90 Å². The number of ether oxygens (including phenoxy) is 2. The molecule has 6 bridgehead atoms. The lowest BCUT2D eigenvalue weighted by Gasteiger charge is -2.72. The van der Waals surface area contributed by atoms with Gasteiger partial charge in [0.05, 0.1) is 12.2 Å². The Kier molecular flexibility index (Phi) is 5.77. The largest absolute Gasteiger partial charge is 0.455 e. The molecule has 39 heavy (non-hydrogen) atoms. The van der Waals surface area contributed by atoms with Gasteiger partial charge in [-0.1, -0.05) is 31.2 Å². The minimum Gasteiger partial charge on any atom is -0.455 e. The number of carbonyl (C=O) groups excluding carboxylic acids is 2. The number of hydrogen-bond donors (Lipinski definition) is 3. The van der Waals surface area contributed by atoms with Crippen molar-refractivity contribution < 1.29 is 34.4 Å². The van der Waals surface area contributed by atoms with E-state index in [1.807, 2.05) is 6.92 Å². The molecule has 1 unspecified atom stereocenters. The normalized spacial score (nSPS) is 52.1. The molecule has 6 aliphatic rings. The van der Waals surface area contributed by atoms with E-state index in [9.17, 15) is 24.9 Å². The van der Waals surface area contributed by atoms with Crippen LogP contribution in [0.3, 0.4) is 0 Å². The Hall–Kier alpha value is -2.00. The van der Waals surface area contributed by atoms with Crippen LogP contribution < -0.4 is 0 Å². The standard InChI is InChI=1S/C31H43NO7/c1-8-15(3)26(35)38-22-20-17(5)10-29-13-19(34)31(37)28(6)11-18(33)12-30(31,25(21(20)29)32(7)14-28)24(29)23(22)39-27(36)16(4)9-2/h8-9,18-25,33-34,37H,5,10-14H2,1-4,6-7H3/b15-8+,16-9+/t18-,19-,20-,21+,22+,23+,24?,25-,28-,29-,30-,31-/m0/s1. The Bertz CT molecular complexity index is 1210. The average molecular weight is 542 g/mol. The minimum absolute atomic E-state index is 0.0694. The third kappa shape index (κ3) is 2.94. The van der Waals surface area contributed by atoms with Crippen molar-refractivity contribution in [1.29, 1.82) is 0 Å². The van der Waals surface area contributed by atoms with Gasteiger partial charge in [0, 0.05) is 46.4 Å². The molecule has 3 N–H and O–H groups in total. The first-order chi connectivity index (χ1) is 18.2. The summed E-state index contributed by atoms with van der Waals surface area (Å²) in [6.07, 6.45) is 1.73. The van der Waals surface area contributed by atoms with Crippen molar-refractivity contribution in [3.05, 3.63) is 35.5 Å². The van der Waals surface area contributed by atoms with Crippen LogP contribution in [0.5, 0.6) is 0 Å². The zero-order chi connectivity index (χ0) is 28.4. The lowest BCUT2D eigenvalue weighted by molar-refractivity contribution is -0.342. The highest BCUT2D eigenvalue weighted by molar-refractivity contribution is 5.89. The third-order valence-corrected chi connectivity index (χ3v) is 12.1. The molecule has 0 aromatic carbocycles. The number of likely N-dealkylation sites (tertiary alicyclic amines) is 1. The SMILES string of the molecule is C=C1C[C@@]23C[C@H](O)[C@]4(O)[C@@]5(C)C[C@H](O)C[C@@]46C2[C@H](OC(=O)/C(C)=C/C)[C@H](OC(=O)/C(C)=C/C)[C@@H]1[C@@H]3[C@@H]6N(C)C5. The molecule has 12 atom stereocenters. The number of allylic oxidation sites excluding steroid dienone is 2. The predicted octanol–water partition coefficient (Wildman–Crippen LogP) is 2.52. The fourth-order valence-corrected chi connectivity index (χ4v) is 11.1. The first kappa shape index (κ1) is 27.2. The zero-order valence-corrected chi connectivity index (χ0v) is 23.9. The van der Waals surface area contributed by atoms with Gasteiger partial charge in [-0.15, -0.1) is 0 Å². The van der Waals surface area contributed by atoms with Gasteiger partial charge < -0.3 is 29.7 Å². The number of aliphatic hydroxyl groups is 3. The Balaban J connectivity index is 1.61. The minimum atomic E-state index is -1.50. The summed E-state index contributed by atoms with van der Waals surface area (Å²) < 4.78 is 12.6. The van der Waals surface area contributed by atoms with Gasteiger partial charge in [0.15, 0.2) is 0 Å². The monoisotopic (exact) mass is 541 g/mol. The fraction of sp³-hybridized carbons (Fsp3) is 0.742. The molecular formula is C31H43NO7. The van der Waals surface area contributed by atoms with Crippen LogP contribution in [0.15, 0.2) is 35.5 Å². The Morgan fingerprint density at radius 3 is 2.21 bits per heavy atom. The fourth-order valence-electron chi connectivity index (χ4n) is 11.1. The van der Waals surface area contributed by atoms with Crippen LogP contribution in [0.25, 0.3) is 0 Å². The molecule has 2 spiro atoms. The van der Waals surface area contributed by atoms with E-state index in [1.54, 1.807) is 39.8 Å². The maximum Gasteiger partial charge on any atom is 0.333 e. The van der Waals surface area contributed by atoms with E-state index in [-0.39, 0.29) is 17.9 Å². The molecule has 1 saturated heterocycles. The molecule has 6 fully saturated rings. The summed E-state index contributed by atoms with van der Waals surface area (Å²) in [4.78, 5) is 28.9. The lowest BCUT2D eigenvalue weighted by Crippen LogP contribution is -2.82. The number of piperidine rings is 1. The van der Waals surface area contributed by atoms with E-state index in [4.69, 9.17) is 9.47 Å². The second-order valence-electron chi connectivity index (χ2n) is 13.8. The highest BCUT2D eigenvalue weighted by Gasteiger charge is 2.90. The third-order valence-electron chi connectivity index (χ3n) is 12.1. The predicted molar refractivity (Wildman–Crippen MR) is 143 cm³/mol. The van der Waals surface area contributed by atoms with Crippen molar-refractivity contribution in [3.8, 4) is 0 Å². The van der Waals surface area contributed by atoms with Gasteiger partial charge in [0.2, 0.25) is 0 Å². The van der Waals surface area contributed by atoms with Gasteiger partial charge in [0.25, 0.3) is 0 Å². The van der Waals surface area contributed by atoms with Crippen LogP contribution in [-0.2, 0) is 19.1 Å². The second kappa shape index (κ2) is 8.28. The van der Waals surface area contributed by atoms with Crippen molar-refractivity contribution in [2.45, 2.75) is 96.4 Å². The molecule has 5 aliphatic carbocycles. The first-order valence-electron chi connectivity index (χ1n) is 14.4. The summed E-state index contributed by atoms with van der Waals surface area (Å²) in [5, 5.41) is 36.1. The van der Waals surface area contributed by atoms with Crippen molar-refractivity contribution in [2.75, 3.05) is 13.6 Å². The van der Waals surface area contributed by atoms with Gasteiger partial charge in [-0.25, -0.2) is 9.59 Å². The van der Waals surface area contributed by atoms with E-state index in [0.717, 1.165) is 5.57 Å². The summed E-state index contributed by atoms with van der Waals surface area (Å²) in [7, 11) is 2.07. The van der Waals surface area contributed by atoms with Crippen molar-refractivity contribution in [3.63, 3.8) is 0 Å². The summed E-state index contributed by atoms with van der Waals surface area (Å²) in [6, 6.07) is -0.201. The van der Waals surface area contributed by atoms with Crippen LogP contribution >= 0.6 is 0 Å². The van der Waals surface area contributed by atoms with Gasteiger partial charge >= 0.3 is 11.9 Å². The average Bonchev–Trinajstić information content (AvgIpc) is 3.14. The Morgan fingerprint density at radius 2 is 1.62 bits per heavy atom. The highest BCUT2D eigenvalue weighted by Crippen LogP contribution is 2.84. The number of carbonyl (C=O) groups is 2. The van der Waals surface area contributed by atoms with Gasteiger partial charge in [0.1, 0.15) is 17.8 Å². The van der Waals surface area contributed by atoms with E-state index in [0.29, 0.717) is 43.4 Å². The molecule has 1 heterocycles. The van der Waals surface area contributed by atoms with Crippen LogP contribution in [0.1, 0.15) is 60.3 Å².